The second-order valence-corrected chi connectivity index (χ2v) is 12.4. The van der Waals surface area contributed by atoms with Gasteiger partial charge in [0.25, 0.3) is 5.43 Å². The summed E-state index contributed by atoms with van der Waals surface area (Å²) in [6.07, 6.45) is 1.62. The summed E-state index contributed by atoms with van der Waals surface area (Å²) in [5.74, 6) is 0. The van der Waals surface area contributed by atoms with Crippen molar-refractivity contribution in [1.29, 1.82) is 0 Å². The molecule has 0 aliphatic carbocycles. The van der Waals surface area contributed by atoms with Gasteiger partial charge in [-0.3, -0.25) is 14.6 Å². The molecule has 0 saturated heterocycles. The number of aryl methyl sites for hydroxylation is 2. The van der Waals surface area contributed by atoms with Gasteiger partial charge in [0.1, 0.15) is 32.8 Å². The van der Waals surface area contributed by atoms with Gasteiger partial charge in [0, 0.05) is 32.9 Å². The van der Waals surface area contributed by atoms with E-state index in [0.717, 1.165) is 43.8 Å². The highest BCUT2D eigenvalue weighted by Gasteiger charge is 2.24. The minimum atomic E-state index is -0.627. The normalized spacial score (nSPS) is 12.1. The molecule has 9 heteroatoms. The van der Waals surface area contributed by atoms with Crippen molar-refractivity contribution in [2.24, 2.45) is 4.99 Å². The van der Waals surface area contributed by atoms with Gasteiger partial charge < -0.3 is 4.90 Å². The van der Waals surface area contributed by atoms with Crippen molar-refractivity contribution in [1.82, 2.24) is 13.7 Å². The van der Waals surface area contributed by atoms with Crippen molar-refractivity contribution >= 4 is 77.7 Å². The molecule has 0 aliphatic heterocycles. The van der Waals surface area contributed by atoms with E-state index < -0.39 is 10.9 Å². The van der Waals surface area contributed by atoms with Crippen LogP contribution in [0.5, 0.6) is 0 Å². The maximum absolute atomic E-state index is 12.9. The molecule has 3 aromatic heterocycles. The van der Waals surface area contributed by atoms with E-state index in [1.807, 2.05) is 6.07 Å². The maximum Gasteiger partial charge on any atom is 0.252 e. The average molecular weight is 622 g/mol. The number of fused-ring (bicyclic) bond motifs is 3. The molecule has 0 radical (unpaired) electrons. The van der Waals surface area contributed by atoms with Crippen molar-refractivity contribution in [2.75, 3.05) is 4.90 Å². The molecule has 0 aliphatic rings. The maximum atomic E-state index is 12.9. The molecular formula is C36H23N5O2S2. The lowest BCUT2D eigenvalue weighted by Crippen LogP contribution is -2.30. The van der Waals surface area contributed by atoms with Gasteiger partial charge in [-0.2, -0.15) is 8.75 Å². The first-order valence-electron chi connectivity index (χ1n) is 14.3. The second kappa shape index (κ2) is 10.7. The van der Waals surface area contributed by atoms with Crippen LogP contribution in [0.3, 0.4) is 0 Å². The van der Waals surface area contributed by atoms with Gasteiger partial charge in [0.2, 0.25) is 5.43 Å². The molecule has 0 amide bonds. The molecule has 7 nitrogen and oxygen atoms in total. The van der Waals surface area contributed by atoms with Crippen LogP contribution in [0.1, 0.15) is 11.1 Å². The molecule has 0 saturated carbocycles. The molecular weight excluding hydrogens is 599 g/mol. The van der Waals surface area contributed by atoms with Crippen molar-refractivity contribution < 1.29 is 0 Å². The summed E-state index contributed by atoms with van der Waals surface area (Å²) < 4.78 is 9.21. The van der Waals surface area contributed by atoms with Crippen LogP contribution in [-0.2, 0) is 0 Å². The first kappa shape index (κ1) is 27.2. The zero-order chi connectivity index (χ0) is 30.7. The first-order chi connectivity index (χ1) is 22.0. The zero-order valence-corrected chi connectivity index (χ0v) is 25.8. The van der Waals surface area contributed by atoms with E-state index in [2.05, 4.69) is 99.2 Å². The van der Waals surface area contributed by atoms with Gasteiger partial charge >= 0.3 is 0 Å². The fourth-order valence-electron chi connectivity index (χ4n) is 5.67. The van der Waals surface area contributed by atoms with Crippen LogP contribution >= 0.6 is 23.1 Å². The zero-order valence-electron chi connectivity index (χ0n) is 24.2. The molecule has 0 unspecified atom stereocenters. The molecule has 0 atom stereocenters. The van der Waals surface area contributed by atoms with Crippen LogP contribution in [0.2, 0.25) is 0 Å². The Morgan fingerprint density at radius 3 is 1.89 bits per heavy atom. The number of rotatable bonds is 5. The van der Waals surface area contributed by atoms with Gasteiger partial charge in [-0.05, 0) is 38.1 Å². The Morgan fingerprint density at radius 1 is 0.644 bits per heavy atom. The SMILES string of the molecule is Cc1ccc(N(c2ccc(C)cc2)c2sc(-c3ncc(N=c4c(=O)c(=O)c5ccccc45)c4nsnc34)c3ccccc23)cc1. The summed E-state index contributed by atoms with van der Waals surface area (Å²) in [4.78, 5) is 38.2. The van der Waals surface area contributed by atoms with E-state index in [9.17, 15) is 9.59 Å². The van der Waals surface area contributed by atoms with E-state index in [-0.39, 0.29) is 5.36 Å². The molecule has 3 heterocycles. The molecule has 216 valence electrons. The van der Waals surface area contributed by atoms with Crippen LogP contribution in [0.25, 0.3) is 43.1 Å². The van der Waals surface area contributed by atoms with Crippen LogP contribution in [0.4, 0.5) is 22.1 Å². The number of pyridine rings is 1. The van der Waals surface area contributed by atoms with Gasteiger partial charge in [0.05, 0.1) is 22.8 Å². The molecule has 0 N–H and O–H groups in total. The monoisotopic (exact) mass is 621 g/mol. The molecule has 8 aromatic rings. The number of anilines is 3. The predicted octanol–water partition coefficient (Wildman–Crippen LogP) is 8.04. The second-order valence-electron chi connectivity index (χ2n) is 10.9. The van der Waals surface area contributed by atoms with Crippen molar-refractivity contribution in [3.63, 3.8) is 0 Å². The Morgan fingerprint density at radius 2 is 1.22 bits per heavy atom. The Bertz CT molecular complexity index is 2510. The van der Waals surface area contributed by atoms with Crippen LogP contribution in [0.15, 0.2) is 118 Å². The number of thiophene rings is 1. The summed E-state index contributed by atoms with van der Waals surface area (Å²) >= 11 is 2.71. The number of nitrogens with zero attached hydrogens (tertiary/aromatic N) is 5. The summed E-state index contributed by atoms with van der Waals surface area (Å²) in [7, 11) is 0. The highest BCUT2D eigenvalue weighted by molar-refractivity contribution is 7.21. The van der Waals surface area contributed by atoms with Gasteiger partial charge in [0.15, 0.2) is 0 Å². The highest BCUT2D eigenvalue weighted by Crippen LogP contribution is 2.49. The fourth-order valence-corrected chi connectivity index (χ4v) is 7.54. The number of benzene rings is 4. The van der Waals surface area contributed by atoms with Gasteiger partial charge in [-0.1, -0.05) is 83.9 Å². The van der Waals surface area contributed by atoms with Crippen LogP contribution in [-0.4, -0.2) is 13.7 Å². The lowest BCUT2D eigenvalue weighted by atomic mass is 10.1. The largest absolute Gasteiger partial charge is 0.301 e. The van der Waals surface area contributed by atoms with Gasteiger partial charge in [-0.25, -0.2) is 4.99 Å². The Labute approximate surface area is 265 Å². The first-order valence-corrected chi connectivity index (χ1v) is 15.9. The topological polar surface area (TPSA) is 88.4 Å². The summed E-state index contributed by atoms with van der Waals surface area (Å²) in [5, 5.41) is 4.19. The lowest BCUT2D eigenvalue weighted by Gasteiger charge is -2.24. The number of hydrogen-bond donors (Lipinski definition) is 0. The van der Waals surface area contributed by atoms with E-state index in [1.54, 1.807) is 41.8 Å². The Balaban J connectivity index is 1.34. The molecule has 0 spiro atoms. The third-order valence-corrected chi connectivity index (χ3v) is 9.70. The Hall–Kier alpha value is -5.38. The quantitative estimate of drug-likeness (QED) is 0.181. The summed E-state index contributed by atoms with van der Waals surface area (Å²) in [6.45, 7) is 4.18. The summed E-state index contributed by atoms with van der Waals surface area (Å²) in [6, 6.07) is 32.3. The van der Waals surface area contributed by atoms with Crippen molar-refractivity contribution in [3.05, 3.63) is 140 Å². The van der Waals surface area contributed by atoms with E-state index in [1.165, 1.54) is 11.1 Å². The van der Waals surface area contributed by atoms with E-state index >= 15 is 0 Å². The van der Waals surface area contributed by atoms with E-state index in [4.69, 9.17) is 4.98 Å². The smallest absolute Gasteiger partial charge is 0.252 e. The van der Waals surface area contributed by atoms with Gasteiger partial charge in [-0.15, -0.1) is 11.3 Å². The molecule has 5 aromatic carbocycles. The standard InChI is InChI=1S/C36H23N5O2S2/c1-20-11-15-22(16-12-20)41(23-17-13-21(2)14-18-23)36-27-10-6-5-9-26(27)35(44-36)32-31-30(39-45-40-31)28(19-37-32)38-29-24-7-3-4-8-25(24)33(42)34(29)43/h3-19H,1-2H3. The minimum absolute atomic E-state index is 0.107. The lowest BCUT2D eigenvalue weighted by molar-refractivity contribution is 1.29. The summed E-state index contributed by atoms with van der Waals surface area (Å²) in [5.41, 5.74) is 5.55. The molecule has 0 bridgehead atoms. The molecule has 45 heavy (non-hydrogen) atoms. The number of hydrogen-bond acceptors (Lipinski definition) is 9. The highest BCUT2D eigenvalue weighted by atomic mass is 32.1. The molecule has 8 rings (SSSR count). The minimum Gasteiger partial charge on any atom is -0.301 e. The van der Waals surface area contributed by atoms with Crippen LogP contribution < -0.4 is 21.1 Å². The van der Waals surface area contributed by atoms with Crippen molar-refractivity contribution in [2.45, 2.75) is 13.8 Å². The van der Waals surface area contributed by atoms with Crippen molar-refractivity contribution in [3.8, 4) is 10.6 Å². The third kappa shape index (κ3) is 4.47. The Kier molecular flexibility index (Phi) is 6.44. The fraction of sp³-hybridized carbons (Fsp3) is 0.0556. The van der Waals surface area contributed by atoms with Crippen LogP contribution in [0, 0.1) is 13.8 Å². The average Bonchev–Trinajstić information content (AvgIpc) is 3.77. The predicted molar refractivity (Wildman–Crippen MR) is 184 cm³/mol. The third-order valence-electron chi connectivity index (χ3n) is 7.96. The molecule has 0 fully saturated rings. The number of aromatic nitrogens is 3. The van der Waals surface area contributed by atoms with E-state index in [0.29, 0.717) is 33.2 Å².